The number of hydrogen-bond acceptors (Lipinski definition) is 5. The Morgan fingerprint density at radius 1 is 1.05 bits per heavy atom. The number of ether oxygens (including phenoxy) is 2. The van der Waals surface area contributed by atoms with Gasteiger partial charge in [0, 0.05) is 6.54 Å². The number of halogens is 6. The van der Waals surface area contributed by atoms with Gasteiger partial charge in [-0.05, 0) is 68.7 Å². The average Bonchev–Trinajstić information content (AvgIpc) is 2.77. The van der Waals surface area contributed by atoms with Crippen LogP contribution in [0.3, 0.4) is 0 Å². The fourth-order valence-corrected chi connectivity index (χ4v) is 5.20. The van der Waals surface area contributed by atoms with Crippen LogP contribution < -0.4 is 10.6 Å². The van der Waals surface area contributed by atoms with Gasteiger partial charge in [0.2, 0.25) is 0 Å². The average molecular weight is 547 g/mol. The zero-order valence-electron chi connectivity index (χ0n) is 21.6. The number of rotatable bonds is 6. The first-order chi connectivity index (χ1) is 17.5. The number of nitrogens with two attached hydrogens (primary N) is 1. The topological polar surface area (TPSA) is 64.8 Å². The highest BCUT2D eigenvalue weighted by Crippen LogP contribution is 2.49. The number of alkyl halides is 6. The lowest BCUT2D eigenvalue weighted by atomic mass is 9.70. The van der Waals surface area contributed by atoms with Gasteiger partial charge in [0.05, 0.1) is 7.11 Å². The molecule has 1 saturated heterocycles. The van der Waals surface area contributed by atoms with Crippen molar-refractivity contribution in [1.29, 1.82) is 0 Å². The van der Waals surface area contributed by atoms with E-state index < -0.39 is 46.9 Å². The number of benzene rings is 2. The molecule has 3 rings (SSSR count). The number of carbonyl (C=O) groups excluding carboxylic acids is 1. The van der Waals surface area contributed by atoms with Crippen molar-refractivity contribution in [2.24, 2.45) is 11.8 Å². The maximum absolute atomic E-state index is 13.9. The molecule has 210 valence electrons. The minimum atomic E-state index is -5.55. The van der Waals surface area contributed by atoms with Crippen LogP contribution in [0.25, 0.3) is 0 Å². The van der Waals surface area contributed by atoms with Gasteiger partial charge in [0.15, 0.2) is 11.5 Å². The van der Waals surface area contributed by atoms with Gasteiger partial charge in [-0.1, -0.05) is 42.5 Å². The molecule has 2 atom stereocenters. The van der Waals surface area contributed by atoms with E-state index in [0.717, 1.165) is 18.2 Å². The van der Waals surface area contributed by atoms with Gasteiger partial charge in [-0.2, -0.15) is 26.3 Å². The number of methoxy groups -OCH3 is 1. The molecule has 1 aliphatic heterocycles. The van der Waals surface area contributed by atoms with Crippen molar-refractivity contribution < 1.29 is 40.6 Å². The second-order valence-electron chi connectivity index (χ2n) is 10.5. The van der Waals surface area contributed by atoms with Crippen LogP contribution in [0.15, 0.2) is 48.5 Å². The fraction of sp³-hybridized carbons (Fsp3) is 0.519. The van der Waals surface area contributed by atoms with Gasteiger partial charge in [0.1, 0.15) is 11.4 Å². The third-order valence-corrected chi connectivity index (χ3v) is 6.68. The molecule has 0 saturated carbocycles. The largest absolute Gasteiger partial charge is 0.496 e. The predicted octanol–water partition coefficient (Wildman–Crippen LogP) is 6.27. The molecule has 0 bridgehead atoms. The van der Waals surface area contributed by atoms with Gasteiger partial charge in [0.25, 0.3) is 0 Å². The SMILES string of the molecule is COc1ccc(C(C(F)(F)F)C(F)(F)F)cc1C[C@@H]1CCCN(N)[C@]1(C(=O)OC(C)(C)C)c1ccccc1. The molecule has 2 aromatic carbocycles. The van der Waals surface area contributed by atoms with E-state index in [4.69, 9.17) is 15.3 Å². The highest BCUT2D eigenvalue weighted by molar-refractivity contribution is 5.83. The van der Waals surface area contributed by atoms with E-state index >= 15 is 0 Å². The third kappa shape index (κ3) is 6.09. The molecule has 0 unspecified atom stereocenters. The molecule has 0 radical (unpaired) electrons. The van der Waals surface area contributed by atoms with Crippen LogP contribution in [0, 0.1) is 5.92 Å². The molecule has 0 amide bonds. The molecule has 5 nitrogen and oxygen atoms in total. The second-order valence-corrected chi connectivity index (χ2v) is 10.5. The van der Waals surface area contributed by atoms with Crippen LogP contribution in [0.5, 0.6) is 5.75 Å². The van der Waals surface area contributed by atoms with Gasteiger partial charge in [-0.25, -0.2) is 9.80 Å². The van der Waals surface area contributed by atoms with E-state index in [0.29, 0.717) is 24.9 Å². The first kappa shape index (κ1) is 29.8. The Bertz CT molecular complexity index is 1100. The molecule has 2 N–H and O–H groups in total. The summed E-state index contributed by atoms with van der Waals surface area (Å²) in [6, 6.07) is 11.3. The van der Waals surface area contributed by atoms with Crippen LogP contribution >= 0.6 is 0 Å². The van der Waals surface area contributed by atoms with Crippen molar-refractivity contribution in [3.05, 3.63) is 65.2 Å². The summed E-state index contributed by atoms with van der Waals surface area (Å²) in [5.74, 6) is 1.61. The summed E-state index contributed by atoms with van der Waals surface area (Å²) in [5, 5.41) is 1.37. The number of piperidine rings is 1. The second kappa shape index (κ2) is 10.8. The van der Waals surface area contributed by atoms with E-state index in [9.17, 15) is 31.1 Å². The molecule has 1 heterocycles. The Kier molecular flexibility index (Phi) is 8.43. The molecule has 0 aliphatic carbocycles. The number of nitrogens with zero attached hydrogens (tertiary/aromatic N) is 1. The van der Waals surface area contributed by atoms with Crippen molar-refractivity contribution in [2.75, 3.05) is 13.7 Å². The van der Waals surface area contributed by atoms with Gasteiger partial charge >= 0.3 is 18.3 Å². The van der Waals surface area contributed by atoms with Crippen molar-refractivity contribution in [2.45, 2.75) is 69.4 Å². The van der Waals surface area contributed by atoms with E-state index in [1.807, 2.05) is 0 Å². The highest BCUT2D eigenvalue weighted by atomic mass is 19.4. The van der Waals surface area contributed by atoms with Crippen molar-refractivity contribution in [3.8, 4) is 5.75 Å². The summed E-state index contributed by atoms with van der Waals surface area (Å²) in [5.41, 5.74) is -2.76. The number of hydrogen-bond donors (Lipinski definition) is 1. The summed E-state index contributed by atoms with van der Waals surface area (Å²) in [6.07, 6.45) is -10.2. The minimum absolute atomic E-state index is 0.0821. The lowest BCUT2D eigenvalue weighted by Crippen LogP contribution is -2.64. The van der Waals surface area contributed by atoms with E-state index in [1.165, 1.54) is 12.1 Å². The monoisotopic (exact) mass is 546 g/mol. The van der Waals surface area contributed by atoms with Crippen LogP contribution in [0.4, 0.5) is 26.3 Å². The third-order valence-electron chi connectivity index (χ3n) is 6.68. The number of esters is 1. The fourth-order valence-electron chi connectivity index (χ4n) is 5.20. The predicted molar refractivity (Wildman–Crippen MR) is 129 cm³/mol. The Hall–Kier alpha value is -2.79. The maximum Gasteiger partial charge on any atom is 0.404 e. The molecule has 1 aliphatic rings. The van der Waals surface area contributed by atoms with Crippen molar-refractivity contribution in [3.63, 3.8) is 0 Å². The zero-order chi connectivity index (χ0) is 28.5. The van der Waals surface area contributed by atoms with Crippen LogP contribution in [0.1, 0.15) is 56.2 Å². The normalized spacial score (nSPS) is 21.4. The smallest absolute Gasteiger partial charge is 0.404 e. The van der Waals surface area contributed by atoms with E-state index in [-0.39, 0.29) is 17.7 Å². The Morgan fingerprint density at radius 2 is 1.66 bits per heavy atom. The number of hydrazine groups is 1. The van der Waals surface area contributed by atoms with Crippen LogP contribution in [-0.4, -0.2) is 42.6 Å². The molecular weight excluding hydrogens is 514 g/mol. The quantitative estimate of drug-likeness (QED) is 0.263. The summed E-state index contributed by atoms with van der Waals surface area (Å²) in [7, 11) is 1.28. The van der Waals surface area contributed by atoms with Gasteiger partial charge < -0.3 is 9.47 Å². The molecule has 2 aromatic rings. The highest BCUT2D eigenvalue weighted by Gasteiger charge is 2.58. The zero-order valence-corrected chi connectivity index (χ0v) is 21.6. The molecule has 1 fully saturated rings. The molecule has 0 aromatic heterocycles. The minimum Gasteiger partial charge on any atom is -0.496 e. The van der Waals surface area contributed by atoms with Crippen LogP contribution in [-0.2, 0) is 21.5 Å². The lowest BCUT2D eigenvalue weighted by molar-refractivity contribution is -0.253. The molecule has 38 heavy (non-hydrogen) atoms. The van der Waals surface area contributed by atoms with Gasteiger partial charge in [-0.3, -0.25) is 5.84 Å². The summed E-state index contributed by atoms with van der Waals surface area (Å²) in [4.78, 5) is 13.9. The summed E-state index contributed by atoms with van der Waals surface area (Å²) in [6.45, 7) is 5.42. The Labute approximate surface area is 217 Å². The first-order valence-electron chi connectivity index (χ1n) is 12.1. The van der Waals surface area contributed by atoms with E-state index in [2.05, 4.69) is 0 Å². The van der Waals surface area contributed by atoms with Crippen LogP contribution in [0.2, 0.25) is 0 Å². The van der Waals surface area contributed by atoms with Crippen molar-refractivity contribution >= 4 is 5.97 Å². The van der Waals surface area contributed by atoms with Crippen molar-refractivity contribution in [1.82, 2.24) is 5.01 Å². The summed E-state index contributed by atoms with van der Waals surface area (Å²) >= 11 is 0. The van der Waals surface area contributed by atoms with Gasteiger partial charge in [-0.15, -0.1) is 0 Å². The van der Waals surface area contributed by atoms with E-state index in [1.54, 1.807) is 51.1 Å². The maximum atomic E-state index is 13.9. The first-order valence-corrected chi connectivity index (χ1v) is 12.1. The summed E-state index contributed by atoms with van der Waals surface area (Å²) < 4.78 is 92.1. The molecular formula is C27H32F6N2O3. The Balaban J connectivity index is 2.18. The standard InChI is InChI=1S/C27H32F6N2O3/c1-24(2,3)38-23(36)25(19-9-6-5-7-10-19)20(11-8-14-35(25)34)16-18-15-17(12-13-21(18)37-4)22(26(28,29)30)27(31,32)33/h5-7,9-10,12-13,15,20,22H,8,11,14,16,34H2,1-4H3/t20-,25+/m0/s1. The Morgan fingerprint density at radius 3 is 2.18 bits per heavy atom. The lowest BCUT2D eigenvalue weighted by Gasteiger charge is -2.49. The molecule has 0 spiro atoms. The number of carbonyl (C=O) groups is 1. The molecule has 11 heteroatoms.